The fraction of sp³-hybridized carbons (Fsp3) is 0.222. The molecule has 0 radical (unpaired) electrons. The fourth-order valence-corrected chi connectivity index (χ4v) is 4.51. The summed E-state index contributed by atoms with van der Waals surface area (Å²) in [5.41, 5.74) is 2.21. The second-order valence-electron chi connectivity index (χ2n) is 5.80. The summed E-state index contributed by atoms with van der Waals surface area (Å²) in [4.78, 5) is 0.305. The van der Waals surface area contributed by atoms with E-state index >= 15 is 0 Å². The van der Waals surface area contributed by atoms with E-state index in [0.29, 0.717) is 15.9 Å². The first-order chi connectivity index (χ1) is 12.0. The van der Waals surface area contributed by atoms with Crippen molar-refractivity contribution in [3.63, 3.8) is 0 Å². The molecule has 0 saturated heterocycles. The predicted octanol–water partition coefficient (Wildman–Crippen LogP) is 3.39. The molecular weight excluding hydrogens is 354 g/mol. The van der Waals surface area contributed by atoms with Gasteiger partial charge in [-0.2, -0.15) is 0 Å². The average Bonchev–Trinajstić information content (AvgIpc) is 2.94. The fourth-order valence-electron chi connectivity index (χ4n) is 2.32. The second-order valence-corrected chi connectivity index (χ2v) is 8.74. The van der Waals surface area contributed by atoms with E-state index in [0.717, 1.165) is 11.3 Å². The Morgan fingerprint density at radius 2 is 1.68 bits per heavy atom. The number of sulfone groups is 1. The molecular formula is C18H19N3O2S2. The molecule has 0 aliphatic rings. The SMILES string of the molecule is Cc1ccc(S(=O)(=O)Cc2nnc(SCc3ccccc3)n2C)cc1. The van der Waals surface area contributed by atoms with Crippen LogP contribution in [-0.4, -0.2) is 23.2 Å². The quantitative estimate of drug-likeness (QED) is 0.620. The molecule has 3 aromatic rings. The van der Waals surface area contributed by atoms with Gasteiger partial charge >= 0.3 is 0 Å². The van der Waals surface area contributed by atoms with E-state index in [4.69, 9.17) is 0 Å². The molecule has 0 unspecified atom stereocenters. The van der Waals surface area contributed by atoms with Crippen LogP contribution in [0.3, 0.4) is 0 Å². The van der Waals surface area contributed by atoms with Crippen LogP contribution >= 0.6 is 11.8 Å². The highest BCUT2D eigenvalue weighted by molar-refractivity contribution is 7.98. The molecule has 7 heteroatoms. The van der Waals surface area contributed by atoms with Gasteiger partial charge in [-0.25, -0.2) is 8.42 Å². The molecule has 2 aromatic carbocycles. The molecule has 0 N–H and O–H groups in total. The molecule has 0 amide bonds. The third kappa shape index (κ3) is 4.29. The van der Waals surface area contributed by atoms with Crippen molar-refractivity contribution in [1.82, 2.24) is 14.8 Å². The van der Waals surface area contributed by atoms with E-state index in [1.54, 1.807) is 35.9 Å². The molecule has 0 aliphatic heterocycles. The number of aryl methyl sites for hydroxylation is 1. The topological polar surface area (TPSA) is 64.8 Å². The normalized spacial score (nSPS) is 11.6. The number of aromatic nitrogens is 3. The number of rotatable bonds is 6. The summed E-state index contributed by atoms with van der Waals surface area (Å²) in [5, 5.41) is 8.91. The van der Waals surface area contributed by atoms with E-state index in [-0.39, 0.29) is 5.75 Å². The Labute approximate surface area is 152 Å². The highest BCUT2D eigenvalue weighted by Crippen LogP contribution is 2.23. The van der Waals surface area contributed by atoms with Crippen molar-refractivity contribution in [1.29, 1.82) is 0 Å². The van der Waals surface area contributed by atoms with Crippen molar-refractivity contribution in [3.05, 3.63) is 71.5 Å². The Bertz CT molecular complexity index is 950. The standard InChI is InChI=1S/C18H19N3O2S2/c1-14-8-10-16(11-9-14)25(22,23)13-17-19-20-18(21(17)2)24-12-15-6-4-3-5-7-15/h3-11H,12-13H2,1-2H3. The molecule has 1 heterocycles. The first-order valence-electron chi connectivity index (χ1n) is 7.80. The van der Waals surface area contributed by atoms with Gasteiger partial charge in [-0.3, -0.25) is 0 Å². The van der Waals surface area contributed by atoms with Crippen molar-refractivity contribution in [3.8, 4) is 0 Å². The van der Waals surface area contributed by atoms with E-state index < -0.39 is 9.84 Å². The largest absolute Gasteiger partial charge is 0.308 e. The molecule has 3 rings (SSSR count). The first-order valence-corrected chi connectivity index (χ1v) is 10.4. The van der Waals surface area contributed by atoms with Gasteiger partial charge in [0.15, 0.2) is 15.0 Å². The van der Waals surface area contributed by atoms with Crippen LogP contribution < -0.4 is 0 Å². The lowest BCUT2D eigenvalue weighted by Crippen LogP contribution is -2.09. The number of benzene rings is 2. The maximum absolute atomic E-state index is 12.6. The Morgan fingerprint density at radius 1 is 1.00 bits per heavy atom. The average molecular weight is 374 g/mol. The van der Waals surface area contributed by atoms with Gasteiger partial charge in [0.1, 0.15) is 11.6 Å². The van der Waals surface area contributed by atoms with Gasteiger partial charge in [-0.1, -0.05) is 59.8 Å². The molecule has 0 atom stereocenters. The van der Waals surface area contributed by atoms with Crippen LogP contribution in [-0.2, 0) is 28.4 Å². The minimum absolute atomic E-state index is 0.161. The van der Waals surface area contributed by atoms with Gasteiger partial charge in [0, 0.05) is 12.8 Å². The van der Waals surface area contributed by atoms with Gasteiger partial charge in [0.05, 0.1) is 4.90 Å². The zero-order valence-corrected chi connectivity index (χ0v) is 15.7. The van der Waals surface area contributed by atoms with Crippen molar-refractivity contribution in [2.75, 3.05) is 0 Å². The molecule has 0 bridgehead atoms. The molecule has 1 aromatic heterocycles. The summed E-state index contributed by atoms with van der Waals surface area (Å²) in [7, 11) is -1.64. The van der Waals surface area contributed by atoms with Crippen LogP contribution in [0.4, 0.5) is 0 Å². The van der Waals surface area contributed by atoms with Crippen LogP contribution in [0.25, 0.3) is 0 Å². The Balaban J connectivity index is 1.73. The number of hydrogen-bond acceptors (Lipinski definition) is 5. The zero-order valence-electron chi connectivity index (χ0n) is 14.1. The summed E-state index contributed by atoms with van der Waals surface area (Å²) in [6.07, 6.45) is 0. The Morgan fingerprint density at radius 3 is 2.36 bits per heavy atom. The third-order valence-electron chi connectivity index (χ3n) is 3.84. The van der Waals surface area contributed by atoms with E-state index in [1.807, 2.05) is 37.3 Å². The zero-order chi connectivity index (χ0) is 17.9. The molecule has 0 aliphatic carbocycles. The smallest absolute Gasteiger partial charge is 0.191 e. The lowest BCUT2D eigenvalue weighted by Gasteiger charge is -2.06. The first kappa shape index (κ1) is 17.7. The third-order valence-corrected chi connectivity index (χ3v) is 6.56. The summed E-state index contributed by atoms with van der Waals surface area (Å²) in [6.45, 7) is 1.93. The van der Waals surface area contributed by atoms with Crippen LogP contribution in [0.5, 0.6) is 0 Å². The van der Waals surface area contributed by atoms with Gasteiger partial charge in [0.25, 0.3) is 0 Å². The molecule has 0 saturated carbocycles. The maximum atomic E-state index is 12.6. The minimum Gasteiger partial charge on any atom is -0.308 e. The number of hydrogen-bond donors (Lipinski definition) is 0. The summed E-state index contributed by atoms with van der Waals surface area (Å²) in [6, 6.07) is 16.9. The van der Waals surface area contributed by atoms with Gasteiger partial charge in [-0.15, -0.1) is 10.2 Å². The summed E-state index contributed by atoms with van der Waals surface area (Å²) < 4.78 is 26.9. The van der Waals surface area contributed by atoms with E-state index in [1.165, 1.54) is 17.3 Å². The Kier molecular flexibility index (Phi) is 5.24. The van der Waals surface area contributed by atoms with Crippen molar-refractivity contribution >= 4 is 21.6 Å². The number of nitrogens with zero attached hydrogens (tertiary/aromatic N) is 3. The minimum atomic E-state index is -3.44. The van der Waals surface area contributed by atoms with Crippen LogP contribution in [0.2, 0.25) is 0 Å². The lowest BCUT2D eigenvalue weighted by molar-refractivity contribution is 0.591. The highest BCUT2D eigenvalue weighted by Gasteiger charge is 2.20. The molecule has 25 heavy (non-hydrogen) atoms. The van der Waals surface area contributed by atoms with Crippen molar-refractivity contribution in [2.24, 2.45) is 7.05 Å². The monoisotopic (exact) mass is 373 g/mol. The molecule has 5 nitrogen and oxygen atoms in total. The summed E-state index contributed by atoms with van der Waals surface area (Å²) in [5.74, 6) is 1.04. The lowest BCUT2D eigenvalue weighted by atomic mass is 10.2. The molecule has 0 fully saturated rings. The van der Waals surface area contributed by atoms with E-state index in [2.05, 4.69) is 10.2 Å². The highest BCUT2D eigenvalue weighted by atomic mass is 32.2. The van der Waals surface area contributed by atoms with Crippen LogP contribution in [0.1, 0.15) is 17.0 Å². The van der Waals surface area contributed by atoms with Gasteiger partial charge < -0.3 is 4.57 Å². The van der Waals surface area contributed by atoms with Crippen LogP contribution in [0, 0.1) is 6.92 Å². The van der Waals surface area contributed by atoms with Crippen molar-refractivity contribution in [2.45, 2.75) is 28.5 Å². The number of thioether (sulfide) groups is 1. The van der Waals surface area contributed by atoms with Gasteiger partial charge in [0.2, 0.25) is 0 Å². The molecule has 0 spiro atoms. The van der Waals surface area contributed by atoms with Gasteiger partial charge in [-0.05, 0) is 24.6 Å². The molecule has 130 valence electrons. The van der Waals surface area contributed by atoms with Crippen molar-refractivity contribution < 1.29 is 8.42 Å². The van der Waals surface area contributed by atoms with Crippen LogP contribution in [0.15, 0.2) is 64.6 Å². The maximum Gasteiger partial charge on any atom is 0.191 e. The predicted molar refractivity (Wildman–Crippen MR) is 99.1 cm³/mol. The van der Waals surface area contributed by atoms with E-state index in [9.17, 15) is 8.42 Å². The summed E-state index contributed by atoms with van der Waals surface area (Å²) >= 11 is 1.54. The second kappa shape index (κ2) is 7.41. The Hall–Kier alpha value is -2.12.